The van der Waals surface area contributed by atoms with E-state index in [0.717, 1.165) is 13.0 Å². The first kappa shape index (κ1) is 14.8. The molecule has 0 heterocycles. The third kappa shape index (κ3) is 5.35. The minimum atomic E-state index is 0.104. The number of ether oxygens (including phenoxy) is 1. The van der Waals surface area contributed by atoms with Crippen LogP contribution >= 0.6 is 0 Å². The molecule has 102 valence electrons. The average molecular weight is 254 g/mol. The van der Waals surface area contributed by atoms with Crippen molar-refractivity contribution in [3.05, 3.63) is 24.3 Å². The third-order valence-corrected chi connectivity index (χ3v) is 2.63. The van der Waals surface area contributed by atoms with Crippen LogP contribution in [-0.2, 0) is 0 Å². The summed E-state index contributed by atoms with van der Waals surface area (Å²) in [6, 6.07) is 7.40. The first-order valence-corrected chi connectivity index (χ1v) is 6.19. The van der Waals surface area contributed by atoms with E-state index < -0.39 is 0 Å². The molecular weight excluding hydrogens is 232 g/mol. The van der Waals surface area contributed by atoms with Gasteiger partial charge in [-0.1, -0.05) is 12.1 Å². The molecule has 0 fully saturated rings. The highest BCUT2D eigenvalue weighted by molar-refractivity contribution is 5.51. The Morgan fingerprint density at radius 3 is 2.33 bits per heavy atom. The second-order valence-electron chi connectivity index (χ2n) is 4.03. The van der Waals surface area contributed by atoms with Gasteiger partial charge in [-0.15, -0.1) is 0 Å². The van der Waals surface area contributed by atoms with Crippen molar-refractivity contribution in [2.24, 2.45) is 0 Å². The van der Waals surface area contributed by atoms with Crippen molar-refractivity contribution in [3.63, 3.8) is 0 Å². The highest BCUT2D eigenvalue weighted by Crippen LogP contribution is 2.19. The number of para-hydroxylation sites is 2. The van der Waals surface area contributed by atoms with Gasteiger partial charge in [-0.2, -0.15) is 0 Å². The van der Waals surface area contributed by atoms with Gasteiger partial charge in [0, 0.05) is 19.6 Å². The van der Waals surface area contributed by atoms with E-state index in [1.54, 1.807) is 6.07 Å². The van der Waals surface area contributed by atoms with Crippen molar-refractivity contribution in [2.75, 3.05) is 45.2 Å². The Balaban J connectivity index is 2.23. The molecule has 0 aliphatic rings. The van der Waals surface area contributed by atoms with Crippen LogP contribution in [0.5, 0.6) is 5.75 Å². The maximum atomic E-state index is 8.86. The van der Waals surface area contributed by atoms with Gasteiger partial charge in [0.2, 0.25) is 0 Å². The van der Waals surface area contributed by atoms with Crippen LogP contribution in [0.2, 0.25) is 0 Å². The fourth-order valence-corrected chi connectivity index (χ4v) is 1.70. The molecule has 1 rings (SSSR count). The molecule has 0 radical (unpaired) electrons. The van der Waals surface area contributed by atoms with Gasteiger partial charge in [-0.25, -0.2) is 0 Å². The summed E-state index contributed by atoms with van der Waals surface area (Å²) in [6.45, 7) is 2.72. The molecule has 5 heteroatoms. The molecule has 0 amide bonds. The van der Waals surface area contributed by atoms with E-state index in [0.29, 0.717) is 31.1 Å². The van der Waals surface area contributed by atoms with Crippen LogP contribution in [0, 0.1) is 0 Å². The highest BCUT2D eigenvalue weighted by Gasteiger charge is 2.03. The Hall–Kier alpha value is -1.30. The Bertz CT molecular complexity index is 328. The summed E-state index contributed by atoms with van der Waals surface area (Å²) in [7, 11) is 0. The largest absolute Gasteiger partial charge is 0.491 e. The lowest BCUT2D eigenvalue weighted by Gasteiger charge is -2.20. The molecule has 1 aromatic carbocycles. The van der Waals surface area contributed by atoms with E-state index in [9.17, 15) is 0 Å². The van der Waals surface area contributed by atoms with Crippen LogP contribution in [0.25, 0.3) is 0 Å². The number of rotatable bonds is 9. The van der Waals surface area contributed by atoms with E-state index in [1.807, 2.05) is 23.1 Å². The Morgan fingerprint density at radius 1 is 1.06 bits per heavy atom. The number of benzene rings is 1. The molecule has 18 heavy (non-hydrogen) atoms. The van der Waals surface area contributed by atoms with Crippen molar-refractivity contribution in [3.8, 4) is 5.75 Å². The van der Waals surface area contributed by atoms with E-state index in [-0.39, 0.29) is 13.2 Å². The number of nitrogens with two attached hydrogens (primary N) is 1. The Morgan fingerprint density at radius 2 is 1.72 bits per heavy atom. The maximum Gasteiger partial charge on any atom is 0.142 e. The number of aliphatic hydroxyl groups excluding tert-OH is 2. The quantitative estimate of drug-likeness (QED) is 0.437. The van der Waals surface area contributed by atoms with Crippen LogP contribution in [0.15, 0.2) is 24.3 Å². The Labute approximate surface area is 108 Å². The summed E-state index contributed by atoms with van der Waals surface area (Å²) in [4.78, 5) is 2.00. The first-order valence-electron chi connectivity index (χ1n) is 6.19. The van der Waals surface area contributed by atoms with Gasteiger partial charge >= 0.3 is 0 Å². The minimum absolute atomic E-state index is 0.104. The van der Waals surface area contributed by atoms with Gasteiger partial charge in [0.05, 0.1) is 25.5 Å². The highest BCUT2D eigenvalue weighted by atomic mass is 16.5. The maximum absolute atomic E-state index is 8.86. The summed E-state index contributed by atoms with van der Waals surface area (Å²) in [5.74, 6) is 0.702. The first-order chi connectivity index (χ1) is 8.77. The molecular formula is C13H22N2O3. The summed E-state index contributed by atoms with van der Waals surface area (Å²) in [5.41, 5.74) is 6.40. The summed E-state index contributed by atoms with van der Waals surface area (Å²) < 4.78 is 5.57. The molecule has 0 saturated heterocycles. The van der Waals surface area contributed by atoms with Crippen molar-refractivity contribution in [1.82, 2.24) is 4.90 Å². The van der Waals surface area contributed by atoms with E-state index in [2.05, 4.69) is 0 Å². The topological polar surface area (TPSA) is 79.0 Å². The standard InChI is InChI=1S/C13H22N2O3/c14-12-4-1-2-5-13(12)18-11-3-6-15(7-9-16)8-10-17/h1-2,4-5,16-17H,3,6-11,14H2. The van der Waals surface area contributed by atoms with Crippen LogP contribution in [0.1, 0.15) is 6.42 Å². The molecule has 0 unspecified atom stereocenters. The van der Waals surface area contributed by atoms with Crippen molar-refractivity contribution < 1.29 is 14.9 Å². The summed E-state index contributed by atoms with van der Waals surface area (Å²) in [6.07, 6.45) is 0.828. The Kier molecular flexibility index (Phi) is 7.17. The lowest BCUT2D eigenvalue weighted by molar-refractivity contribution is 0.153. The van der Waals surface area contributed by atoms with Crippen LogP contribution in [0.4, 0.5) is 5.69 Å². The molecule has 4 N–H and O–H groups in total. The minimum Gasteiger partial charge on any atom is -0.491 e. The molecule has 0 aliphatic carbocycles. The average Bonchev–Trinajstić information content (AvgIpc) is 2.37. The summed E-state index contributed by atoms with van der Waals surface area (Å²) in [5, 5.41) is 17.7. The van der Waals surface area contributed by atoms with Crippen LogP contribution in [0.3, 0.4) is 0 Å². The molecule has 0 aliphatic heterocycles. The molecule has 0 spiro atoms. The van der Waals surface area contributed by atoms with E-state index in [4.69, 9.17) is 20.7 Å². The zero-order valence-corrected chi connectivity index (χ0v) is 10.6. The molecule has 5 nitrogen and oxygen atoms in total. The van der Waals surface area contributed by atoms with Crippen molar-refractivity contribution in [2.45, 2.75) is 6.42 Å². The number of aliphatic hydroxyl groups is 2. The lowest BCUT2D eigenvalue weighted by Crippen LogP contribution is -2.31. The van der Waals surface area contributed by atoms with Gasteiger partial charge in [0.15, 0.2) is 0 Å². The number of anilines is 1. The van der Waals surface area contributed by atoms with E-state index in [1.165, 1.54) is 0 Å². The number of nitrogens with zero attached hydrogens (tertiary/aromatic N) is 1. The van der Waals surface area contributed by atoms with E-state index >= 15 is 0 Å². The molecule has 0 bridgehead atoms. The van der Waals surface area contributed by atoms with Gasteiger partial charge in [0.25, 0.3) is 0 Å². The fraction of sp³-hybridized carbons (Fsp3) is 0.538. The third-order valence-electron chi connectivity index (χ3n) is 2.63. The van der Waals surface area contributed by atoms with Gasteiger partial charge in [-0.05, 0) is 18.6 Å². The number of hydrogen-bond donors (Lipinski definition) is 3. The van der Waals surface area contributed by atoms with Crippen molar-refractivity contribution in [1.29, 1.82) is 0 Å². The predicted molar refractivity (Wildman–Crippen MR) is 71.6 cm³/mol. The van der Waals surface area contributed by atoms with Gasteiger partial charge in [0.1, 0.15) is 5.75 Å². The normalized spacial score (nSPS) is 10.8. The second-order valence-corrected chi connectivity index (χ2v) is 4.03. The van der Waals surface area contributed by atoms with Gasteiger partial charge < -0.3 is 20.7 Å². The number of hydrogen-bond acceptors (Lipinski definition) is 5. The van der Waals surface area contributed by atoms with Gasteiger partial charge in [-0.3, -0.25) is 4.90 Å². The fourth-order valence-electron chi connectivity index (χ4n) is 1.70. The molecule has 1 aromatic rings. The van der Waals surface area contributed by atoms with Crippen LogP contribution < -0.4 is 10.5 Å². The smallest absolute Gasteiger partial charge is 0.142 e. The second kappa shape index (κ2) is 8.74. The van der Waals surface area contributed by atoms with Crippen molar-refractivity contribution >= 4 is 5.69 Å². The SMILES string of the molecule is Nc1ccccc1OCCCN(CCO)CCO. The number of nitrogen functional groups attached to an aromatic ring is 1. The van der Waals surface area contributed by atoms with Crippen LogP contribution in [-0.4, -0.2) is 54.6 Å². The molecule has 0 saturated carbocycles. The zero-order chi connectivity index (χ0) is 13.2. The zero-order valence-electron chi connectivity index (χ0n) is 10.6. The predicted octanol–water partition coefficient (Wildman–Crippen LogP) is 0.324. The lowest BCUT2D eigenvalue weighted by atomic mass is 10.3. The molecule has 0 atom stereocenters. The monoisotopic (exact) mass is 254 g/mol. The summed E-state index contributed by atoms with van der Waals surface area (Å²) >= 11 is 0. The molecule has 0 aromatic heterocycles.